The lowest BCUT2D eigenvalue weighted by atomic mass is 10.1. The minimum atomic E-state index is 0.0405. The van der Waals surface area contributed by atoms with Crippen molar-refractivity contribution in [1.29, 1.82) is 0 Å². The van der Waals surface area contributed by atoms with Gasteiger partial charge in [-0.3, -0.25) is 0 Å². The van der Waals surface area contributed by atoms with E-state index in [4.69, 9.17) is 5.11 Å². The molecule has 0 aliphatic heterocycles. The van der Waals surface area contributed by atoms with E-state index in [0.29, 0.717) is 13.1 Å². The van der Waals surface area contributed by atoms with E-state index in [1.165, 1.54) is 0 Å². The maximum atomic E-state index is 9.87. The quantitative estimate of drug-likeness (QED) is 0.664. The normalized spacial score (nSPS) is 10.9. The Labute approximate surface area is 121 Å². The third-order valence-electron chi connectivity index (χ3n) is 3.27. The molecule has 6 heteroatoms. The van der Waals surface area contributed by atoms with E-state index in [-0.39, 0.29) is 12.4 Å². The summed E-state index contributed by atoms with van der Waals surface area (Å²) in [7, 11) is 0. The summed E-state index contributed by atoms with van der Waals surface area (Å²) in [6.45, 7) is 1.01. The van der Waals surface area contributed by atoms with Crippen molar-refractivity contribution in [2.75, 3.05) is 11.9 Å². The predicted molar refractivity (Wildman–Crippen MR) is 80.0 cm³/mol. The topological polar surface area (TPSA) is 83.2 Å². The van der Waals surface area contributed by atoms with Crippen LogP contribution in [0, 0.1) is 0 Å². The lowest BCUT2D eigenvalue weighted by molar-refractivity contribution is 0.268. The average Bonchev–Trinajstić information content (AvgIpc) is 2.94. The van der Waals surface area contributed by atoms with Gasteiger partial charge < -0.3 is 15.5 Å². The number of anilines is 1. The minimum Gasteiger partial charge on any atom is -0.507 e. The van der Waals surface area contributed by atoms with Crippen LogP contribution in [0.25, 0.3) is 10.8 Å². The molecule has 0 fully saturated rings. The second-order valence-electron chi connectivity index (χ2n) is 4.73. The molecule has 0 unspecified atom stereocenters. The molecule has 1 aromatic heterocycles. The smallest absolute Gasteiger partial charge is 0.123 e. The van der Waals surface area contributed by atoms with Crippen molar-refractivity contribution in [2.24, 2.45) is 0 Å². The van der Waals surface area contributed by atoms with E-state index in [9.17, 15) is 5.11 Å². The lowest BCUT2D eigenvalue weighted by Gasteiger charge is -2.09. The van der Waals surface area contributed by atoms with Crippen molar-refractivity contribution < 1.29 is 10.2 Å². The van der Waals surface area contributed by atoms with Crippen molar-refractivity contribution in [3.63, 3.8) is 0 Å². The van der Waals surface area contributed by atoms with Crippen LogP contribution in [0.15, 0.2) is 42.6 Å². The molecule has 0 atom stereocenters. The monoisotopic (exact) mass is 284 g/mol. The van der Waals surface area contributed by atoms with E-state index in [2.05, 4.69) is 15.6 Å². The molecule has 0 bridgehead atoms. The van der Waals surface area contributed by atoms with E-state index >= 15 is 0 Å². The molecule has 108 valence electrons. The molecule has 0 radical (unpaired) electrons. The molecule has 0 aliphatic rings. The zero-order chi connectivity index (χ0) is 14.7. The Bertz CT molecular complexity index is 754. The summed E-state index contributed by atoms with van der Waals surface area (Å²) >= 11 is 0. The standard InChI is InChI=1S/C15H16N4O2/c20-8-7-19-10-11(17-18-19)9-16-14-5-1-4-13-12(14)3-2-6-15(13)21/h1-6,10,16,20-21H,7-9H2. The van der Waals surface area contributed by atoms with Gasteiger partial charge in [0.05, 0.1) is 25.9 Å². The molecule has 0 spiro atoms. The van der Waals surface area contributed by atoms with Crippen molar-refractivity contribution in [3.05, 3.63) is 48.3 Å². The highest BCUT2D eigenvalue weighted by atomic mass is 16.3. The molecule has 3 rings (SSSR count). The number of hydrogen-bond donors (Lipinski definition) is 3. The second-order valence-corrected chi connectivity index (χ2v) is 4.73. The van der Waals surface area contributed by atoms with Gasteiger partial charge in [0.1, 0.15) is 11.4 Å². The second kappa shape index (κ2) is 5.80. The van der Waals surface area contributed by atoms with Gasteiger partial charge in [0, 0.05) is 16.5 Å². The summed E-state index contributed by atoms with van der Waals surface area (Å²) in [6, 6.07) is 11.2. The third kappa shape index (κ3) is 2.80. The summed E-state index contributed by atoms with van der Waals surface area (Å²) < 4.78 is 1.60. The van der Waals surface area contributed by atoms with Crippen molar-refractivity contribution >= 4 is 16.5 Å². The van der Waals surface area contributed by atoms with Crippen molar-refractivity contribution in [1.82, 2.24) is 15.0 Å². The minimum absolute atomic E-state index is 0.0405. The molecule has 6 nitrogen and oxygen atoms in total. The van der Waals surface area contributed by atoms with Crippen LogP contribution in [0.2, 0.25) is 0 Å². The van der Waals surface area contributed by atoms with Crippen LogP contribution >= 0.6 is 0 Å². The molecule has 0 saturated heterocycles. The first-order valence-electron chi connectivity index (χ1n) is 6.72. The number of aliphatic hydroxyl groups is 1. The summed E-state index contributed by atoms with van der Waals surface area (Å²) in [4.78, 5) is 0. The molecule has 1 heterocycles. The number of aromatic nitrogens is 3. The van der Waals surface area contributed by atoms with Crippen LogP contribution in [-0.2, 0) is 13.1 Å². The van der Waals surface area contributed by atoms with Gasteiger partial charge in [0.25, 0.3) is 0 Å². The van der Waals surface area contributed by atoms with Gasteiger partial charge in [-0.05, 0) is 12.1 Å². The van der Waals surface area contributed by atoms with Crippen molar-refractivity contribution in [3.8, 4) is 5.75 Å². The number of nitrogens with one attached hydrogen (secondary N) is 1. The Hall–Kier alpha value is -2.60. The molecule has 3 N–H and O–H groups in total. The van der Waals surface area contributed by atoms with Gasteiger partial charge >= 0.3 is 0 Å². The SMILES string of the molecule is OCCn1cc(CNc2cccc3c(O)cccc23)nn1. The Morgan fingerprint density at radius 2 is 1.90 bits per heavy atom. The lowest BCUT2D eigenvalue weighted by Crippen LogP contribution is -2.02. The number of phenolic OH excluding ortho intramolecular Hbond substituents is 1. The number of fused-ring (bicyclic) bond motifs is 1. The van der Waals surface area contributed by atoms with E-state index in [0.717, 1.165) is 22.2 Å². The summed E-state index contributed by atoms with van der Waals surface area (Å²) in [6.07, 6.45) is 1.80. The molecule has 0 saturated carbocycles. The Kier molecular flexibility index (Phi) is 3.70. The summed E-state index contributed by atoms with van der Waals surface area (Å²) in [5.41, 5.74) is 1.72. The van der Waals surface area contributed by atoms with Crippen LogP contribution < -0.4 is 5.32 Å². The Balaban J connectivity index is 1.80. The molecule has 0 aliphatic carbocycles. The number of aromatic hydroxyl groups is 1. The zero-order valence-electron chi connectivity index (χ0n) is 11.4. The number of aliphatic hydroxyl groups excluding tert-OH is 1. The largest absolute Gasteiger partial charge is 0.507 e. The molecule has 2 aromatic carbocycles. The van der Waals surface area contributed by atoms with E-state index in [1.54, 1.807) is 16.9 Å². The number of rotatable bonds is 5. The highest BCUT2D eigenvalue weighted by Gasteiger charge is 2.05. The van der Waals surface area contributed by atoms with Crippen molar-refractivity contribution in [2.45, 2.75) is 13.1 Å². The summed E-state index contributed by atoms with van der Waals surface area (Å²) in [5.74, 6) is 0.269. The van der Waals surface area contributed by atoms with Gasteiger partial charge in [0.15, 0.2) is 0 Å². The molecule has 3 aromatic rings. The third-order valence-corrected chi connectivity index (χ3v) is 3.27. The molecule has 0 amide bonds. The fourth-order valence-corrected chi connectivity index (χ4v) is 2.26. The van der Waals surface area contributed by atoms with Crippen LogP contribution in [-0.4, -0.2) is 31.8 Å². The van der Waals surface area contributed by atoms with Crippen LogP contribution in [0.3, 0.4) is 0 Å². The fraction of sp³-hybridized carbons (Fsp3) is 0.200. The first-order valence-corrected chi connectivity index (χ1v) is 6.72. The first-order chi connectivity index (χ1) is 10.3. The highest BCUT2D eigenvalue weighted by Crippen LogP contribution is 2.29. The number of benzene rings is 2. The van der Waals surface area contributed by atoms with Crippen LogP contribution in [0.5, 0.6) is 5.75 Å². The van der Waals surface area contributed by atoms with Gasteiger partial charge in [-0.15, -0.1) is 5.10 Å². The maximum Gasteiger partial charge on any atom is 0.123 e. The predicted octanol–water partition coefficient (Wildman–Crippen LogP) is 1.74. The molecular weight excluding hydrogens is 268 g/mol. The Morgan fingerprint density at radius 3 is 2.76 bits per heavy atom. The van der Waals surface area contributed by atoms with Gasteiger partial charge in [-0.1, -0.05) is 29.5 Å². The number of phenols is 1. The van der Waals surface area contributed by atoms with Gasteiger partial charge in [0.2, 0.25) is 0 Å². The van der Waals surface area contributed by atoms with Gasteiger partial charge in [-0.25, -0.2) is 4.68 Å². The van der Waals surface area contributed by atoms with E-state index < -0.39 is 0 Å². The fourth-order valence-electron chi connectivity index (χ4n) is 2.26. The van der Waals surface area contributed by atoms with Crippen LogP contribution in [0.1, 0.15) is 5.69 Å². The first kappa shape index (κ1) is 13.4. The van der Waals surface area contributed by atoms with E-state index in [1.807, 2.05) is 30.3 Å². The molecular formula is C15H16N4O2. The highest BCUT2D eigenvalue weighted by molar-refractivity contribution is 5.97. The number of nitrogens with zero attached hydrogens (tertiary/aromatic N) is 3. The van der Waals surface area contributed by atoms with Crippen LogP contribution in [0.4, 0.5) is 5.69 Å². The van der Waals surface area contributed by atoms with Gasteiger partial charge in [-0.2, -0.15) is 0 Å². The summed E-state index contributed by atoms with van der Waals surface area (Å²) in [5, 5.41) is 31.7. The Morgan fingerprint density at radius 1 is 1.10 bits per heavy atom. The molecule has 21 heavy (non-hydrogen) atoms. The zero-order valence-corrected chi connectivity index (χ0v) is 11.4. The average molecular weight is 284 g/mol. The maximum absolute atomic E-state index is 9.87. The number of hydrogen-bond acceptors (Lipinski definition) is 5.